The average Bonchev–Trinajstić information content (AvgIpc) is 2.07. The molecule has 11 heavy (non-hydrogen) atoms. The number of nitrogens with one attached hydrogen (secondary N) is 1. The minimum atomic E-state index is 0.720. The molecule has 1 rings (SSSR count). The van der Waals surface area contributed by atoms with E-state index in [-0.39, 0.29) is 0 Å². The van der Waals surface area contributed by atoms with E-state index in [0.717, 1.165) is 32.2 Å². The fourth-order valence-electron chi connectivity index (χ4n) is 1.36. The molecule has 1 unspecified atom stereocenters. The highest BCUT2D eigenvalue weighted by molar-refractivity contribution is 4.62. The summed E-state index contributed by atoms with van der Waals surface area (Å²) in [4.78, 5) is 5.03. The van der Waals surface area contributed by atoms with E-state index in [0.29, 0.717) is 0 Å². The van der Waals surface area contributed by atoms with Crippen molar-refractivity contribution in [1.82, 2.24) is 5.48 Å². The Kier molecular flexibility index (Phi) is 4.50. The molecular formula is C8H17NO2. The van der Waals surface area contributed by atoms with Crippen molar-refractivity contribution in [1.29, 1.82) is 0 Å². The van der Waals surface area contributed by atoms with E-state index < -0.39 is 0 Å². The predicted octanol–water partition coefficient (Wildman–Crippen LogP) is 0.954. The first-order chi connectivity index (χ1) is 5.43. The molecule has 0 bridgehead atoms. The van der Waals surface area contributed by atoms with Gasteiger partial charge in [-0.3, -0.25) is 0 Å². The smallest absolute Gasteiger partial charge is 0.0685 e. The molecule has 0 aliphatic carbocycles. The molecule has 1 atom stereocenters. The van der Waals surface area contributed by atoms with Gasteiger partial charge in [-0.25, -0.2) is 5.48 Å². The Hall–Kier alpha value is -0.120. The molecule has 1 saturated heterocycles. The fourth-order valence-corrected chi connectivity index (χ4v) is 1.36. The molecule has 66 valence electrons. The zero-order valence-electron chi connectivity index (χ0n) is 7.14. The third-order valence-corrected chi connectivity index (χ3v) is 2.03. The normalized spacial score (nSPS) is 25.4. The van der Waals surface area contributed by atoms with Crippen LogP contribution in [0.15, 0.2) is 0 Å². The second kappa shape index (κ2) is 5.52. The second-order valence-electron chi connectivity index (χ2n) is 2.92. The molecule has 0 aromatic heterocycles. The maximum Gasteiger partial charge on any atom is 0.0685 e. The molecule has 0 aromatic carbocycles. The van der Waals surface area contributed by atoms with Gasteiger partial charge in [-0.05, 0) is 25.2 Å². The molecule has 3 heteroatoms. The van der Waals surface area contributed by atoms with E-state index >= 15 is 0 Å². The van der Waals surface area contributed by atoms with E-state index in [9.17, 15) is 0 Å². The lowest BCUT2D eigenvalue weighted by Crippen LogP contribution is -2.20. The van der Waals surface area contributed by atoms with Gasteiger partial charge in [0.15, 0.2) is 0 Å². The third kappa shape index (κ3) is 3.70. The summed E-state index contributed by atoms with van der Waals surface area (Å²) in [5.74, 6) is 0.720. The molecule has 0 radical (unpaired) electrons. The summed E-state index contributed by atoms with van der Waals surface area (Å²) >= 11 is 0. The van der Waals surface area contributed by atoms with Crippen molar-refractivity contribution >= 4 is 0 Å². The number of ether oxygens (including phenoxy) is 1. The Balaban J connectivity index is 1.96. The first kappa shape index (κ1) is 8.97. The summed E-state index contributed by atoms with van der Waals surface area (Å²) < 4.78 is 5.34. The van der Waals surface area contributed by atoms with Crippen LogP contribution < -0.4 is 5.48 Å². The Labute approximate surface area is 68.0 Å². The monoisotopic (exact) mass is 159 g/mol. The van der Waals surface area contributed by atoms with Crippen LogP contribution in [0.2, 0.25) is 0 Å². The molecule has 0 aromatic rings. The van der Waals surface area contributed by atoms with E-state index in [1.54, 1.807) is 7.05 Å². The maximum atomic E-state index is 5.34. The number of hydrogen-bond donors (Lipinski definition) is 1. The van der Waals surface area contributed by atoms with Crippen molar-refractivity contribution < 1.29 is 9.57 Å². The van der Waals surface area contributed by atoms with Crippen molar-refractivity contribution in [3.63, 3.8) is 0 Å². The summed E-state index contributed by atoms with van der Waals surface area (Å²) in [5, 5.41) is 0. The van der Waals surface area contributed by atoms with Crippen LogP contribution in [0, 0.1) is 5.92 Å². The molecule has 0 amide bonds. The highest BCUT2D eigenvalue weighted by Gasteiger charge is 2.12. The average molecular weight is 159 g/mol. The minimum Gasteiger partial charge on any atom is -0.381 e. The largest absolute Gasteiger partial charge is 0.381 e. The first-order valence-electron chi connectivity index (χ1n) is 4.29. The van der Waals surface area contributed by atoms with Crippen molar-refractivity contribution in [2.75, 3.05) is 26.9 Å². The van der Waals surface area contributed by atoms with Crippen molar-refractivity contribution in [3.8, 4) is 0 Å². The summed E-state index contributed by atoms with van der Waals surface area (Å²) in [6.07, 6.45) is 3.62. The molecule has 1 heterocycles. The van der Waals surface area contributed by atoms with Crippen molar-refractivity contribution in [2.24, 2.45) is 5.92 Å². The number of hydroxylamine groups is 1. The van der Waals surface area contributed by atoms with Crippen LogP contribution in [-0.4, -0.2) is 26.9 Å². The van der Waals surface area contributed by atoms with Crippen LogP contribution in [-0.2, 0) is 9.57 Å². The van der Waals surface area contributed by atoms with Gasteiger partial charge in [0.2, 0.25) is 0 Å². The molecule has 0 spiro atoms. The SMILES string of the molecule is CNOCCC1CCCOC1. The molecule has 1 aliphatic heterocycles. The lowest BCUT2D eigenvalue weighted by atomic mass is 9.99. The Morgan fingerprint density at radius 3 is 3.18 bits per heavy atom. The third-order valence-electron chi connectivity index (χ3n) is 2.03. The maximum absolute atomic E-state index is 5.34. The number of hydrogen-bond acceptors (Lipinski definition) is 3. The van der Waals surface area contributed by atoms with E-state index in [4.69, 9.17) is 9.57 Å². The highest BCUT2D eigenvalue weighted by atomic mass is 16.6. The molecule has 3 nitrogen and oxygen atoms in total. The van der Waals surface area contributed by atoms with Gasteiger partial charge in [-0.2, -0.15) is 0 Å². The van der Waals surface area contributed by atoms with Crippen LogP contribution in [0.5, 0.6) is 0 Å². The predicted molar refractivity (Wildman–Crippen MR) is 43.2 cm³/mol. The zero-order valence-corrected chi connectivity index (χ0v) is 7.14. The second-order valence-corrected chi connectivity index (χ2v) is 2.92. The number of rotatable bonds is 4. The van der Waals surface area contributed by atoms with Crippen molar-refractivity contribution in [3.05, 3.63) is 0 Å². The molecular weight excluding hydrogens is 142 g/mol. The van der Waals surface area contributed by atoms with E-state index in [1.165, 1.54) is 12.8 Å². The van der Waals surface area contributed by atoms with E-state index in [1.807, 2.05) is 0 Å². The molecule has 0 saturated carbocycles. The zero-order chi connectivity index (χ0) is 7.94. The standard InChI is InChI=1S/C8H17NO2/c1-9-11-6-4-8-3-2-5-10-7-8/h8-9H,2-7H2,1H3. The van der Waals surface area contributed by atoms with Gasteiger partial charge in [-0.15, -0.1) is 0 Å². The topological polar surface area (TPSA) is 30.5 Å². The van der Waals surface area contributed by atoms with Gasteiger partial charge in [0.25, 0.3) is 0 Å². The molecule has 1 N–H and O–H groups in total. The van der Waals surface area contributed by atoms with Gasteiger partial charge >= 0.3 is 0 Å². The Bertz CT molecular complexity index is 92.1. The fraction of sp³-hybridized carbons (Fsp3) is 1.00. The van der Waals surface area contributed by atoms with Gasteiger partial charge in [-0.1, -0.05) is 0 Å². The first-order valence-corrected chi connectivity index (χ1v) is 4.29. The van der Waals surface area contributed by atoms with Crippen LogP contribution in [0.25, 0.3) is 0 Å². The Morgan fingerprint density at radius 2 is 2.55 bits per heavy atom. The summed E-state index contributed by atoms with van der Waals surface area (Å²) in [7, 11) is 1.79. The molecule has 1 aliphatic rings. The Morgan fingerprint density at radius 1 is 1.64 bits per heavy atom. The lowest BCUT2D eigenvalue weighted by molar-refractivity contribution is 0.0128. The minimum absolute atomic E-state index is 0.720. The molecule has 1 fully saturated rings. The quantitative estimate of drug-likeness (QED) is 0.489. The van der Waals surface area contributed by atoms with Gasteiger partial charge in [0.05, 0.1) is 6.61 Å². The van der Waals surface area contributed by atoms with Crippen LogP contribution in [0.1, 0.15) is 19.3 Å². The van der Waals surface area contributed by atoms with Crippen LogP contribution >= 0.6 is 0 Å². The van der Waals surface area contributed by atoms with Gasteiger partial charge in [0, 0.05) is 20.3 Å². The van der Waals surface area contributed by atoms with Gasteiger partial charge < -0.3 is 9.57 Å². The van der Waals surface area contributed by atoms with Crippen LogP contribution in [0.4, 0.5) is 0 Å². The van der Waals surface area contributed by atoms with E-state index in [2.05, 4.69) is 5.48 Å². The van der Waals surface area contributed by atoms with Crippen LogP contribution in [0.3, 0.4) is 0 Å². The highest BCUT2D eigenvalue weighted by Crippen LogP contribution is 2.16. The van der Waals surface area contributed by atoms with Gasteiger partial charge in [0.1, 0.15) is 0 Å². The summed E-state index contributed by atoms with van der Waals surface area (Å²) in [6, 6.07) is 0. The lowest BCUT2D eigenvalue weighted by Gasteiger charge is -2.21. The summed E-state index contributed by atoms with van der Waals surface area (Å²) in [6.45, 7) is 2.67. The van der Waals surface area contributed by atoms with Crippen molar-refractivity contribution in [2.45, 2.75) is 19.3 Å². The summed E-state index contributed by atoms with van der Waals surface area (Å²) in [5.41, 5.74) is 2.67.